The number of aliphatic hydroxyl groups is 2. The Morgan fingerprint density at radius 3 is 1.20 bits per heavy atom. The van der Waals surface area contributed by atoms with Crippen LogP contribution in [0.25, 0.3) is 0 Å². The average molecular weight is 325 g/mol. The van der Waals surface area contributed by atoms with Crippen molar-refractivity contribution in [3.05, 3.63) is 0 Å². The van der Waals surface area contributed by atoms with E-state index in [1.54, 1.807) is 0 Å². The molecule has 0 aromatic rings. The van der Waals surface area contributed by atoms with Crippen molar-refractivity contribution in [2.24, 2.45) is 0 Å². The van der Waals surface area contributed by atoms with Crippen LogP contribution in [-0.2, 0) is 9.13 Å². The van der Waals surface area contributed by atoms with Crippen molar-refractivity contribution in [1.29, 1.82) is 0 Å². The zero-order chi connectivity index (χ0) is 11.7. The van der Waals surface area contributed by atoms with Crippen LogP contribution in [0.15, 0.2) is 0 Å². The first-order chi connectivity index (χ1) is 6.36. The molecular weight excluding hydrogens is 317 g/mol. The van der Waals surface area contributed by atoms with E-state index in [-0.39, 0.29) is 49.5 Å². The van der Waals surface area contributed by atoms with E-state index in [2.05, 4.69) is 0 Å². The van der Waals surface area contributed by atoms with Crippen molar-refractivity contribution in [3.63, 3.8) is 0 Å². The molecule has 11 heteroatoms. The Bertz CT molecular complexity index is 176. The fraction of sp³-hybridized carbons (Fsp3) is 1.00. The summed E-state index contributed by atoms with van der Waals surface area (Å²) < 4.78 is 19.3. The van der Waals surface area contributed by atoms with Crippen LogP contribution in [0, 0.1) is 0 Å². The fourth-order valence-corrected chi connectivity index (χ4v) is 1.01. The summed E-state index contributed by atoms with van der Waals surface area (Å²) >= 11 is 9.83. The molecule has 2 unspecified atom stereocenters. The summed E-state index contributed by atoms with van der Waals surface area (Å²) in [5.74, 6) is -3.26. The van der Waals surface area contributed by atoms with Crippen molar-refractivity contribution in [1.82, 2.24) is 0 Å². The van der Waals surface area contributed by atoms with E-state index in [9.17, 15) is 18.9 Å². The molecule has 0 saturated carbocycles. The molecule has 2 N–H and O–H groups in total. The average Bonchev–Trinajstić information content (AvgIpc) is 2.15. The maximum absolute atomic E-state index is 9.63. The standard InChI is InChI=1S/2C2H4ClO3P.Ca/c2*3-1-2(4)7(5)6;/h2*2,4H,1H2;/q;;+2/t2*2-;/m00./s1. The first kappa shape index (κ1) is 22.1. The van der Waals surface area contributed by atoms with Gasteiger partial charge in [-0.1, -0.05) is 9.13 Å². The van der Waals surface area contributed by atoms with Gasteiger partial charge in [-0.3, -0.25) is 0 Å². The second-order valence-corrected chi connectivity index (χ2v) is 4.79. The molecule has 0 fully saturated rings. The van der Waals surface area contributed by atoms with E-state index >= 15 is 0 Å². The third kappa shape index (κ3) is 15.9. The quantitative estimate of drug-likeness (QED) is 0.385. The minimum atomic E-state index is -2.74. The fourth-order valence-electron chi connectivity index (χ4n) is 0.113. The molecule has 0 aliphatic heterocycles. The van der Waals surface area contributed by atoms with Gasteiger partial charge < -0.3 is 20.0 Å². The molecule has 0 saturated heterocycles. The van der Waals surface area contributed by atoms with Gasteiger partial charge >= 0.3 is 53.8 Å². The molecule has 15 heavy (non-hydrogen) atoms. The molecule has 0 aromatic heterocycles. The Morgan fingerprint density at radius 2 is 1.20 bits per heavy atom. The normalized spacial score (nSPS) is 15.1. The minimum absolute atomic E-state index is 0. The van der Waals surface area contributed by atoms with Crippen LogP contribution in [0.2, 0.25) is 0 Å². The molecule has 0 aliphatic rings. The molecule has 0 heterocycles. The van der Waals surface area contributed by atoms with Crippen LogP contribution in [0.1, 0.15) is 0 Å². The molecule has 0 radical (unpaired) electrons. The van der Waals surface area contributed by atoms with Crippen molar-refractivity contribution in [3.8, 4) is 0 Å². The smallest absolute Gasteiger partial charge is 0.593 e. The number of aliphatic hydroxyl groups excluding tert-OH is 2. The summed E-state index contributed by atoms with van der Waals surface area (Å²) in [7, 11) is -5.48. The number of halogens is 2. The van der Waals surface area contributed by atoms with Crippen LogP contribution < -0.4 is 9.79 Å². The Kier molecular flexibility index (Phi) is 20.5. The monoisotopic (exact) mass is 324 g/mol. The zero-order valence-electron chi connectivity index (χ0n) is 7.45. The van der Waals surface area contributed by atoms with Crippen molar-refractivity contribution in [2.45, 2.75) is 11.7 Å². The molecule has 0 bridgehead atoms. The van der Waals surface area contributed by atoms with Gasteiger partial charge in [-0.15, -0.1) is 23.2 Å². The largest absolute Gasteiger partial charge is 2.00 e. The predicted octanol–water partition coefficient (Wildman–Crippen LogP) is -1.09. The Morgan fingerprint density at radius 1 is 1.00 bits per heavy atom. The van der Waals surface area contributed by atoms with Gasteiger partial charge in [0.25, 0.3) is 11.7 Å². The topological polar surface area (TPSA) is 121 Å². The van der Waals surface area contributed by atoms with Gasteiger partial charge in [0.2, 0.25) is 0 Å². The molecular formula is C4H8CaCl2O6P2+2. The number of alkyl halides is 2. The maximum Gasteiger partial charge on any atom is 2.00 e. The number of rotatable bonds is 4. The van der Waals surface area contributed by atoms with E-state index in [0.29, 0.717) is 0 Å². The second kappa shape index (κ2) is 13.9. The zero-order valence-corrected chi connectivity index (χ0v) is 13.0. The predicted molar refractivity (Wildman–Crippen MR) is 54.4 cm³/mol. The maximum atomic E-state index is 9.63. The van der Waals surface area contributed by atoms with Gasteiger partial charge in [0.1, 0.15) is 0 Å². The van der Waals surface area contributed by atoms with E-state index in [4.69, 9.17) is 33.4 Å². The van der Waals surface area contributed by atoms with Gasteiger partial charge in [-0.25, -0.2) is 0 Å². The van der Waals surface area contributed by atoms with Crippen molar-refractivity contribution < 1.29 is 29.1 Å². The third-order valence-corrected chi connectivity index (χ3v) is 3.12. The first-order valence-electron chi connectivity index (χ1n) is 3.11. The summed E-state index contributed by atoms with van der Waals surface area (Å²) in [5, 5.41) is 16.4. The first-order valence-corrected chi connectivity index (χ1v) is 6.68. The van der Waals surface area contributed by atoms with E-state index in [1.807, 2.05) is 0 Å². The Labute approximate surface area is 128 Å². The second-order valence-electron chi connectivity index (χ2n) is 1.84. The van der Waals surface area contributed by atoms with E-state index in [1.165, 1.54) is 0 Å². The van der Waals surface area contributed by atoms with Gasteiger partial charge in [0.05, 0.1) is 11.8 Å². The summed E-state index contributed by atoms with van der Waals surface area (Å²) in [5.41, 5.74) is 0. The molecule has 6 nitrogen and oxygen atoms in total. The minimum Gasteiger partial charge on any atom is -0.593 e. The van der Waals surface area contributed by atoms with Crippen LogP contribution >= 0.6 is 39.3 Å². The molecule has 0 aromatic carbocycles. The van der Waals surface area contributed by atoms with Gasteiger partial charge in [-0.2, -0.15) is 0 Å². The SMILES string of the molecule is O=[P+]([O-])[C@H](O)CCl.O=[P+]([O-])[C@H](O)CCl.[Ca+2]. The molecule has 84 valence electrons. The van der Waals surface area contributed by atoms with Crippen LogP contribution in [0.4, 0.5) is 0 Å². The van der Waals surface area contributed by atoms with Gasteiger partial charge in [0, 0.05) is 0 Å². The summed E-state index contributed by atoms with van der Waals surface area (Å²) in [6.45, 7) is 0. The Hall–Kier alpha value is 1.88. The molecule has 0 amide bonds. The number of hydrogen-bond donors (Lipinski definition) is 2. The van der Waals surface area contributed by atoms with Crippen LogP contribution in [0.3, 0.4) is 0 Å². The number of hydrogen-bond acceptors (Lipinski definition) is 6. The molecule has 4 atom stereocenters. The molecule has 0 aliphatic carbocycles. The van der Waals surface area contributed by atoms with Crippen LogP contribution in [0.5, 0.6) is 0 Å². The summed E-state index contributed by atoms with van der Waals surface area (Å²) in [4.78, 5) is 19.3. The van der Waals surface area contributed by atoms with Gasteiger partial charge in [-0.05, 0) is 0 Å². The van der Waals surface area contributed by atoms with E-state index < -0.39 is 27.7 Å². The Balaban J connectivity index is -0.000000180. The van der Waals surface area contributed by atoms with Crippen LogP contribution in [-0.4, -0.2) is 71.4 Å². The summed E-state index contributed by atoms with van der Waals surface area (Å²) in [6.07, 6.45) is 0. The summed E-state index contributed by atoms with van der Waals surface area (Å²) in [6, 6.07) is 0. The van der Waals surface area contributed by atoms with Gasteiger partial charge in [0.15, 0.2) is 0 Å². The van der Waals surface area contributed by atoms with E-state index in [0.717, 1.165) is 0 Å². The molecule has 0 rings (SSSR count). The van der Waals surface area contributed by atoms with Crippen molar-refractivity contribution in [2.75, 3.05) is 11.8 Å². The molecule has 0 spiro atoms. The third-order valence-electron chi connectivity index (χ3n) is 0.763. The van der Waals surface area contributed by atoms with Crippen molar-refractivity contribution >= 4 is 77.0 Å².